The first-order chi connectivity index (χ1) is 12.3. The molecule has 10 heteroatoms. The van der Waals surface area contributed by atoms with Gasteiger partial charge in [-0.25, -0.2) is 0 Å². The Balaban J connectivity index is 1.69. The average molecular weight is 384 g/mol. The van der Waals surface area contributed by atoms with Gasteiger partial charge in [-0.3, -0.25) is 10.1 Å². The van der Waals surface area contributed by atoms with Crippen LogP contribution in [0.25, 0.3) is 0 Å². The van der Waals surface area contributed by atoms with E-state index >= 15 is 0 Å². The maximum absolute atomic E-state index is 12.9. The van der Waals surface area contributed by atoms with Crippen molar-refractivity contribution in [2.45, 2.75) is 26.1 Å². The van der Waals surface area contributed by atoms with E-state index in [0.29, 0.717) is 45.0 Å². The van der Waals surface area contributed by atoms with Crippen LogP contribution < -0.4 is 4.90 Å². The van der Waals surface area contributed by atoms with Gasteiger partial charge in [-0.1, -0.05) is 12.1 Å². The maximum atomic E-state index is 12.9. The van der Waals surface area contributed by atoms with Crippen LogP contribution in [0, 0.1) is 10.1 Å². The van der Waals surface area contributed by atoms with E-state index < -0.39 is 15.1 Å². The normalized spacial score (nSPS) is 26.0. The molecule has 26 heavy (non-hydrogen) atoms. The van der Waals surface area contributed by atoms with Crippen LogP contribution in [0.4, 0.5) is 11.4 Å². The molecule has 0 amide bonds. The number of ether oxygens (including phenoxy) is 1. The van der Waals surface area contributed by atoms with Crippen LogP contribution in [-0.4, -0.2) is 73.4 Å². The van der Waals surface area contributed by atoms with Crippen molar-refractivity contribution in [3.8, 4) is 0 Å². The van der Waals surface area contributed by atoms with E-state index in [1.807, 2.05) is 18.7 Å². The number of rotatable bonds is 4. The van der Waals surface area contributed by atoms with Crippen LogP contribution in [0.1, 0.15) is 13.8 Å². The highest BCUT2D eigenvalue weighted by Crippen LogP contribution is 2.29. The van der Waals surface area contributed by atoms with E-state index in [1.54, 1.807) is 18.2 Å². The Kier molecular flexibility index (Phi) is 5.47. The van der Waals surface area contributed by atoms with Gasteiger partial charge in [0.15, 0.2) is 0 Å². The molecule has 0 spiro atoms. The number of hydrogen-bond acceptors (Lipinski definition) is 6. The highest BCUT2D eigenvalue weighted by Gasteiger charge is 2.37. The zero-order chi connectivity index (χ0) is 18.9. The van der Waals surface area contributed by atoms with Gasteiger partial charge in [-0.05, 0) is 19.9 Å². The van der Waals surface area contributed by atoms with Gasteiger partial charge < -0.3 is 9.64 Å². The molecule has 0 saturated carbocycles. The van der Waals surface area contributed by atoms with Gasteiger partial charge in [-0.2, -0.15) is 17.0 Å². The Morgan fingerprint density at radius 3 is 2.19 bits per heavy atom. The van der Waals surface area contributed by atoms with E-state index in [-0.39, 0.29) is 17.9 Å². The van der Waals surface area contributed by atoms with E-state index in [4.69, 9.17) is 4.74 Å². The van der Waals surface area contributed by atoms with Crippen LogP contribution >= 0.6 is 0 Å². The van der Waals surface area contributed by atoms with Crippen molar-refractivity contribution in [2.24, 2.45) is 0 Å². The molecule has 2 fully saturated rings. The fourth-order valence-electron chi connectivity index (χ4n) is 3.53. The smallest absolute Gasteiger partial charge is 0.292 e. The van der Waals surface area contributed by atoms with E-state index in [2.05, 4.69) is 0 Å². The number of para-hydroxylation sites is 2. The van der Waals surface area contributed by atoms with Gasteiger partial charge in [0.2, 0.25) is 0 Å². The van der Waals surface area contributed by atoms with Gasteiger partial charge in [-0.15, -0.1) is 0 Å². The number of nitrogens with zero attached hydrogens (tertiary/aromatic N) is 4. The van der Waals surface area contributed by atoms with Gasteiger partial charge in [0, 0.05) is 45.3 Å². The molecule has 2 saturated heterocycles. The first kappa shape index (κ1) is 19.0. The third-order valence-electron chi connectivity index (χ3n) is 4.70. The third-order valence-corrected chi connectivity index (χ3v) is 6.66. The molecule has 0 radical (unpaired) electrons. The zero-order valence-electron chi connectivity index (χ0n) is 14.9. The van der Waals surface area contributed by atoms with Crippen molar-refractivity contribution in [2.75, 3.05) is 44.2 Å². The second kappa shape index (κ2) is 7.47. The molecule has 2 atom stereocenters. The first-order valence-corrected chi connectivity index (χ1v) is 10.1. The van der Waals surface area contributed by atoms with Crippen LogP contribution in [0.2, 0.25) is 0 Å². The summed E-state index contributed by atoms with van der Waals surface area (Å²) in [5.74, 6) is 0. The van der Waals surface area contributed by atoms with E-state index in [9.17, 15) is 18.5 Å². The first-order valence-electron chi connectivity index (χ1n) is 8.68. The van der Waals surface area contributed by atoms with Crippen molar-refractivity contribution in [3.05, 3.63) is 34.4 Å². The fourth-order valence-corrected chi connectivity index (χ4v) is 5.28. The van der Waals surface area contributed by atoms with Gasteiger partial charge in [0.05, 0.1) is 17.1 Å². The van der Waals surface area contributed by atoms with Crippen molar-refractivity contribution >= 4 is 21.6 Å². The summed E-state index contributed by atoms with van der Waals surface area (Å²) in [6.07, 6.45) is -0.274. The lowest BCUT2D eigenvalue weighted by Gasteiger charge is -2.40. The van der Waals surface area contributed by atoms with Crippen LogP contribution in [0.15, 0.2) is 24.3 Å². The summed E-state index contributed by atoms with van der Waals surface area (Å²) in [6.45, 7) is 5.85. The molecule has 2 heterocycles. The Morgan fingerprint density at radius 1 is 1.04 bits per heavy atom. The lowest BCUT2D eigenvalue weighted by atomic mass is 10.2. The Bertz CT molecular complexity index is 754. The summed E-state index contributed by atoms with van der Waals surface area (Å²) in [6, 6.07) is 6.55. The minimum absolute atomic E-state index is 0.0413. The minimum atomic E-state index is -3.56. The quantitative estimate of drug-likeness (QED) is 0.569. The second-order valence-electron chi connectivity index (χ2n) is 6.71. The van der Waals surface area contributed by atoms with E-state index in [0.717, 1.165) is 0 Å². The molecular weight excluding hydrogens is 360 g/mol. The highest BCUT2D eigenvalue weighted by atomic mass is 32.2. The molecule has 1 aromatic rings. The van der Waals surface area contributed by atoms with E-state index in [1.165, 1.54) is 14.7 Å². The predicted molar refractivity (Wildman–Crippen MR) is 97.4 cm³/mol. The van der Waals surface area contributed by atoms with Crippen LogP contribution in [-0.2, 0) is 14.9 Å². The van der Waals surface area contributed by atoms with Crippen molar-refractivity contribution < 1.29 is 18.1 Å². The summed E-state index contributed by atoms with van der Waals surface area (Å²) in [5.41, 5.74) is 0.572. The van der Waals surface area contributed by atoms with Gasteiger partial charge in [0.1, 0.15) is 5.69 Å². The molecular formula is C16H24N4O5S. The molecule has 2 aliphatic heterocycles. The summed E-state index contributed by atoms with van der Waals surface area (Å²) >= 11 is 0. The molecule has 0 N–H and O–H groups in total. The number of benzene rings is 1. The number of morpholine rings is 1. The van der Waals surface area contributed by atoms with Crippen LogP contribution in [0.3, 0.4) is 0 Å². The topological polar surface area (TPSA) is 96.2 Å². The molecule has 9 nitrogen and oxygen atoms in total. The number of hydrogen-bond donors (Lipinski definition) is 0. The zero-order valence-corrected chi connectivity index (χ0v) is 15.8. The lowest BCUT2D eigenvalue weighted by molar-refractivity contribution is -0.384. The SMILES string of the molecule is C[C@@H]1CN(S(=O)(=O)N2CCN(c3ccccc3[N+](=O)[O-])CC2)C[C@H](C)O1. The Labute approximate surface area is 153 Å². The molecule has 2 aliphatic rings. The van der Waals surface area contributed by atoms with Crippen molar-refractivity contribution in [3.63, 3.8) is 0 Å². The second-order valence-corrected chi connectivity index (χ2v) is 8.64. The summed E-state index contributed by atoms with van der Waals surface area (Å²) in [7, 11) is -3.56. The van der Waals surface area contributed by atoms with Gasteiger partial charge in [0.25, 0.3) is 15.9 Å². The minimum Gasteiger partial charge on any atom is -0.373 e. The number of anilines is 1. The maximum Gasteiger partial charge on any atom is 0.292 e. The Morgan fingerprint density at radius 2 is 1.62 bits per heavy atom. The number of piperazine rings is 1. The molecule has 0 unspecified atom stereocenters. The van der Waals surface area contributed by atoms with Crippen molar-refractivity contribution in [1.82, 2.24) is 8.61 Å². The lowest BCUT2D eigenvalue weighted by Crippen LogP contribution is -2.57. The highest BCUT2D eigenvalue weighted by molar-refractivity contribution is 7.86. The number of nitro benzene ring substituents is 1. The summed E-state index contributed by atoms with van der Waals surface area (Å²) in [5, 5.41) is 11.2. The average Bonchev–Trinajstić information content (AvgIpc) is 2.61. The standard InChI is InChI=1S/C16H24N4O5S/c1-13-11-19(12-14(2)25-13)26(23,24)18-9-7-17(8-10-18)15-5-3-4-6-16(15)20(21)22/h3-6,13-14H,7-12H2,1-2H3/t13-,14+. The molecule has 0 aliphatic carbocycles. The van der Waals surface area contributed by atoms with Crippen molar-refractivity contribution in [1.29, 1.82) is 0 Å². The summed E-state index contributed by atoms with van der Waals surface area (Å²) in [4.78, 5) is 12.7. The largest absolute Gasteiger partial charge is 0.373 e. The molecule has 0 bridgehead atoms. The van der Waals surface area contributed by atoms with Crippen LogP contribution in [0.5, 0.6) is 0 Å². The monoisotopic (exact) mass is 384 g/mol. The van der Waals surface area contributed by atoms with Gasteiger partial charge >= 0.3 is 0 Å². The molecule has 3 rings (SSSR count). The summed E-state index contributed by atoms with van der Waals surface area (Å²) < 4.78 is 34.4. The fraction of sp³-hybridized carbons (Fsp3) is 0.625. The number of nitro groups is 1. The molecule has 144 valence electrons. The Hall–Kier alpha value is -1.75. The third kappa shape index (κ3) is 3.83. The predicted octanol–water partition coefficient (Wildman–Crippen LogP) is 1.07. The molecule has 1 aromatic carbocycles. The molecule has 0 aromatic heterocycles.